The molecule has 1 aromatic rings. The highest BCUT2D eigenvalue weighted by molar-refractivity contribution is 5.74. The fourth-order valence-electron chi connectivity index (χ4n) is 1.58. The number of hydrogen-bond donors (Lipinski definition) is 1. The van der Waals surface area contributed by atoms with Gasteiger partial charge in [-0.25, -0.2) is 8.78 Å². The Kier molecular flexibility index (Phi) is 4.40. The summed E-state index contributed by atoms with van der Waals surface area (Å²) in [5.74, 6) is -3.03. The average Bonchev–Trinajstić information content (AvgIpc) is 2.28. The largest absolute Gasteiger partial charge is 0.481 e. The van der Waals surface area contributed by atoms with E-state index in [2.05, 4.69) is 0 Å². The molecule has 0 aromatic heterocycles. The van der Waals surface area contributed by atoms with E-state index in [0.717, 1.165) is 0 Å². The van der Waals surface area contributed by atoms with Gasteiger partial charge >= 0.3 is 5.97 Å². The molecule has 0 radical (unpaired) electrons. The molecule has 5 heteroatoms. The van der Waals surface area contributed by atoms with Gasteiger partial charge in [0.2, 0.25) is 0 Å². The monoisotopic (exact) mass is 258 g/mol. The van der Waals surface area contributed by atoms with E-state index in [-0.39, 0.29) is 24.2 Å². The minimum absolute atomic E-state index is 0.0225. The lowest BCUT2D eigenvalue weighted by Crippen LogP contribution is -2.26. The first kappa shape index (κ1) is 14.6. The maximum absolute atomic E-state index is 13.8. The third-order valence-corrected chi connectivity index (χ3v) is 2.75. The van der Waals surface area contributed by atoms with Gasteiger partial charge < -0.3 is 9.84 Å². The Balaban J connectivity index is 3.06. The van der Waals surface area contributed by atoms with E-state index in [4.69, 9.17) is 9.84 Å². The number of hydrogen-bond acceptors (Lipinski definition) is 2. The minimum Gasteiger partial charge on any atom is -0.481 e. The molecular weight excluding hydrogens is 242 g/mol. The third-order valence-electron chi connectivity index (χ3n) is 2.75. The molecule has 0 aliphatic carbocycles. The average molecular weight is 258 g/mol. The highest BCUT2D eigenvalue weighted by atomic mass is 19.2. The third kappa shape index (κ3) is 3.04. The Morgan fingerprint density at radius 3 is 2.28 bits per heavy atom. The van der Waals surface area contributed by atoms with E-state index in [1.807, 2.05) is 0 Å². The lowest BCUT2D eigenvalue weighted by Gasteiger charge is -2.19. The van der Waals surface area contributed by atoms with Crippen LogP contribution in [0.1, 0.15) is 25.0 Å². The van der Waals surface area contributed by atoms with Gasteiger partial charge in [-0.3, -0.25) is 4.79 Å². The van der Waals surface area contributed by atoms with Crippen molar-refractivity contribution in [2.24, 2.45) is 5.41 Å². The molecule has 0 spiro atoms. The maximum Gasteiger partial charge on any atom is 0.309 e. The summed E-state index contributed by atoms with van der Waals surface area (Å²) >= 11 is 0. The lowest BCUT2D eigenvalue weighted by molar-refractivity contribution is -0.146. The zero-order valence-corrected chi connectivity index (χ0v) is 10.6. The van der Waals surface area contributed by atoms with Crippen LogP contribution in [0.15, 0.2) is 12.1 Å². The van der Waals surface area contributed by atoms with Crippen LogP contribution < -0.4 is 0 Å². The second-order valence-electron chi connectivity index (χ2n) is 4.81. The molecule has 100 valence electrons. The molecule has 3 nitrogen and oxygen atoms in total. The Hall–Kier alpha value is -1.49. The van der Waals surface area contributed by atoms with E-state index in [0.29, 0.717) is 0 Å². The molecular formula is C13H16F2O3. The molecule has 1 aromatic carbocycles. The van der Waals surface area contributed by atoms with Gasteiger partial charge in [0.1, 0.15) is 0 Å². The van der Waals surface area contributed by atoms with Gasteiger partial charge in [-0.05, 0) is 25.8 Å². The van der Waals surface area contributed by atoms with E-state index in [1.165, 1.54) is 33.1 Å². The summed E-state index contributed by atoms with van der Waals surface area (Å²) in [4.78, 5) is 11.0. The number of aliphatic carboxylic acids is 1. The van der Waals surface area contributed by atoms with Crippen molar-refractivity contribution in [2.75, 3.05) is 7.11 Å². The molecule has 0 saturated carbocycles. The molecule has 0 aliphatic rings. The van der Waals surface area contributed by atoms with Gasteiger partial charge in [-0.15, -0.1) is 0 Å². The number of ether oxygens (including phenoxy) is 1. The van der Waals surface area contributed by atoms with Crippen molar-refractivity contribution >= 4 is 5.97 Å². The molecule has 0 heterocycles. The van der Waals surface area contributed by atoms with Gasteiger partial charge in [0.05, 0.1) is 12.0 Å². The Labute approximate surface area is 104 Å². The SMILES string of the molecule is COCc1ccc(CC(C)(C)C(=O)O)c(F)c1F. The standard InChI is InChI=1S/C13H16F2O3/c1-13(2,12(16)17)6-8-4-5-9(7-18-3)11(15)10(8)14/h4-5H,6-7H2,1-3H3,(H,16,17). The Morgan fingerprint density at radius 1 is 1.28 bits per heavy atom. The van der Waals surface area contributed by atoms with Crippen LogP contribution in [0.2, 0.25) is 0 Å². The topological polar surface area (TPSA) is 46.5 Å². The van der Waals surface area contributed by atoms with Gasteiger partial charge in [-0.2, -0.15) is 0 Å². The molecule has 0 unspecified atom stereocenters. The maximum atomic E-state index is 13.8. The minimum atomic E-state index is -1.14. The van der Waals surface area contributed by atoms with Crippen molar-refractivity contribution in [3.63, 3.8) is 0 Å². The lowest BCUT2D eigenvalue weighted by atomic mass is 9.85. The number of carboxylic acids is 1. The van der Waals surface area contributed by atoms with Crippen molar-refractivity contribution in [1.29, 1.82) is 0 Å². The van der Waals surface area contributed by atoms with Crippen molar-refractivity contribution < 1.29 is 23.4 Å². The van der Waals surface area contributed by atoms with Crippen LogP contribution in [-0.2, 0) is 22.6 Å². The van der Waals surface area contributed by atoms with Crippen LogP contribution in [-0.4, -0.2) is 18.2 Å². The van der Waals surface area contributed by atoms with Gasteiger partial charge in [0, 0.05) is 12.7 Å². The van der Waals surface area contributed by atoms with Gasteiger partial charge in [0.25, 0.3) is 0 Å². The predicted molar refractivity (Wildman–Crippen MR) is 62.2 cm³/mol. The van der Waals surface area contributed by atoms with Crippen LogP contribution >= 0.6 is 0 Å². The number of carbonyl (C=O) groups is 1. The molecule has 0 saturated heterocycles. The van der Waals surface area contributed by atoms with Crippen molar-refractivity contribution in [2.45, 2.75) is 26.9 Å². The first-order valence-corrected chi connectivity index (χ1v) is 5.47. The van der Waals surface area contributed by atoms with Crippen molar-refractivity contribution in [3.8, 4) is 0 Å². The van der Waals surface area contributed by atoms with Crippen LogP contribution in [0.25, 0.3) is 0 Å². The summed E-state index contributed by atoms with van der Waals surface area (Å²) in [6.45, 7) is 2.91. The summed E-state index contributed by atoms with van der Waals surface area (Å²) in [5, 5.41) is 8.97. The normalized spacial score (nSPS) is 11.6. The number of methoxy groups -OCH3 is 1. The number of benzene rings is 1. The summed E-state index contributed by atoms with van der Waals surface area (Å²) in [6.07, 6.45) is -0.0711. The predicted octanol–water partition coefficient (Wildman–Crippen LogP) is 2.76. The van der Waals surface area contributed by atoms with E-state index < -0.39 is 23.0 Å². The molecule has 0 amide bonds. The molecule has 0 aliphatic heterocycles. The van der Waals surface area contributed by atoms with E-state index in [1.54, 1.807) is 0 Å². The summed E-state index contributed by atoms with van der Waals surface area (Å²) in [5.41, 5.74) is -0.970. The molecule has 18 heavy (non-hydrogen) atoms. The molecule has 0 bridgehead atoms. The second kappa shape index (κ2) is 5.44. The highest BCUT2D eigenvalue weighted by Gasteiger charge is 2.29. The summed E-state index contributed by atoms with van der Waals surface area (Å²) in [7, 11) is 1.39. The molecule has 1 N–H and O–H groups in total. The molecule has 1 rings (SSSR count). The molecule has 0 atom stereocenters. The van der Waals surface area contributed by atoms with Crippen LogP contribution in [0.4, 0.5) is 8.78 Å². The quantitative estimate of drug-likeness (QED) is 0.883. The fraction of sp³-hybridized carbons (Fsp3) is 0.462. The highest BCUT2D eigenvalue weighted by Crippen LogP contribution is 2.26. The second-order valence-corrected chi connectivity index (χ2v) is 4.81. The van der Waals surface area contributed by atoms with Crippen molar-refractivity contribution in [1.82, 2.24) is 0 Å². The number of carboxylic acid groups (broad SMARTS) is 1. The Bertz CT molecular complexity index is 456. The van der Waals surface area contributed by atoms with Crippen LogP contribution in [0.5, 0.6) is 0 Å². The van der Waals surface area contributed by atoms with E-state index >= 15 is 0 Å². The van der Waals surface area contributed by atoms with Gasteiger partial charge in [-0.1, -0.05) is 12.1 Å². The van der Waals surface area contributed by atoms with Crippen LogP contribution in [0.3, 0.4) is 0 Å². The number of rotatable bonds is 5. The zero-order valence-electron chi connectivity index (χ0n) is 10.6. The smallest absolute Gasteiger partial charge is 0.309 e. The van der Waals surface area contributed by atoms with Crippen LogP contribution in [0, 0.1) is 17.0 Å². The van der Waals surface area contributed by atoms with Gasteiger partial charge in [0.15, 0.2) is 11.6 Å². The summed E-state index contributed by atoms with van der Waals surface area (Å²) < 4.78 is 32.1. The van der Waals surface area contributed by atoms with Crippen molar-refractivity contribution in [3.05, 3.63) is 34.9 Å². The summed E-state index contributed by atoms with van der Waals surface area (Å²) in [6, 6.07) is 2.81. The Morgan fingerprint density at radius 2 is 1.78 bits per heavy atom. The fourth-order valence-corrected chi connectivity index (χ4v) is 1.58. The van der Waals surface area contributed by atoms with E-state index in [9.17, 15) is 13.6 Å². The first-order chi connectivity index (χ1) is 8.29. The first-order valence-electron chi connectivity index (χ1n) is 5.47. The molecule has 0 fully saturated rings. The number of halogens is 2. The zero-order chi connectivity index (χ0) is 13.9.